The van der Waals surface area contributed by atoms with E-state index in [4.69, 9.17) is 19.7 Å². The van der Waals surface area contributed by atoms with Gasteiger partial charge in [-0.25, -0.2) is 0 Å². The molecule has 1 heterocycles. The van der Waals surface area contributed by atoms with Gasteiger partial charge in [-0.2, -0.15) is 0 Å². The monoisotopic (exact) mass is 194 g/mol. The molecule has 1 fully saturated rings. The van der Waals surface area contributed by atoms with Gasteiger partial charge in [-0.1, -0.05) is 0 Å². The normalized spacial score (nSPS) is 46.4. The first kappa shape index (κ1) is 10.8. The lowest BCUT2D eigenvalue weighted by molar-refractivity contribution is -0.287. The topological polar surface area (TPSA) is 99.4 Å². The molecule has 0 aromatic carbocycles. The van der Waals surface area contributed by atoms with E-state index in [0.717, 1.165) is 0 Å². The molecule has 0 aliphatic carbocycles. The highest BCUT2D eigenvalue weighted by molar-refractivity contribution is 4.88. The molecule has 1 rings (SSSR count). The van der Waals surface area contributed by atoms with Crippen LogP contribution in [0.1, 0.15) is 0 Å². The van der Waals surface area contributed by atoms with Crippen LogP contribution in [0.3, 0.4) is 0 Å². The molecular weight excluding hydrogens is 180 g/mol. The number of rotatable bonds is 2. The van der Waals surface area contributed by atoms with Crippen molar-refractivity contribution in [3.05, 3.63) is 0 Å². The van der Waals surface area contributed by atoms with E-state index in [9.17, 15) is 10.2 Å². The molecule has 5 atom stereocenters. The van der Waals surface area contributed by atoms with Gasteiger partial charge in [0.1, 0.15) is 24.4 Å². The highest BCUT2D eigenvalue weighted by Crippen LogP contribution is 2.19. The predicted molar refractivity (Wildman–Crippen MR) is 40.8 cm³/mol. The van der Waals surface area contributed by atoms with Gasteiger partial charge in [0.05, 0.1) is 6.61 Å². The Kier molecular flexibility index (Phi) is 3.60. The molecule has 0 bridgehead atoms. The summed E-state index contributed by atoms with van der Waals surface area (Å²) >= 11 is 0. The second-order valence-electron chi connectivity index (χ2n) is 2.99. The van der Waals surface area contributed by atoms with Gasteiger partial charge in [-0.05, 0) is 0 Å². The molecule has 0 saturated carbocycles. The van der Waals surface area contributed by atoms with Crippen molar-refractivity contribution < 1.29 is 29.9 Å². The van der Waals surface area contributed by atoms with E-state index in [0.29, 0.717) is 0 Å². The lowest BCUT2D eigenvalue weighted by Crippen LogP contribution is -2.58. The van der Waals surface area contributed by atoms with Gasteiger partial charge in [-0.15, -0.1) is 0 Å². The maximum Gasteiger partial charge on any atom is 0.184 e. The zero-order chi connectivity index (χ0) is 10.0. The summed E-state index contributed by atoms with van der Waals surface area (Å²) < 4.78 is 9.49. The van der Waals surface area contributed by atoms with Gasteiger partial charge in [0.2, 0.25) is 0 Å². The number of methoxy groups -OCH3 is 1. The summed E-state index contributed by atoms with van der Waals surface area (Å²) in [6.45, 7) is 0.0437. The fourth-order valence-corrected chi connectivity index (χ4v) is 1.23. The van der Waals surface area contributed by atoms with Crippen molar-refractivity contribution in [2.75, 3.05) is 13.7 Å². The van der Waals surface area contributed by atoms with E-state index in [2.05, 4.69) is 0 Å². The van der Waals surface area contributed by atoms with Crippen LogP contribution in [0.15, 0.2) is 0 Å². The molecule has 13 heavy (non-hydrogen) atoms. The van der Waals surface area contributed by atoms with Gasteiger partial charge in [0, 0.05) is 7.11 Å². The van der Waals surface area contributed by atoms with Crippen molar-refractivity contribution in [1.82, 2.24) is 0 Å². The summed E-state index contributed by atoms with van der Waals surface area (Å²) in [6.07, 6.45) is -6.46. The third-order valence-corrected chi connectivity index (χ3v) is 2.02. The SMILES string of the molecule is COCC1O[C@@H](O)C(O)C(O)C1O. The number of aliphatic hydroxyl groups is 4. The van der Waals surface area contributed by atoms with Crippen molar-refractivity contribution >= 4 is 0 Å². The zero-order valence-electron chi connectivity index (χ0n) is 7.20. The van der Waals surface area contributed by atoms with Crippen LogP contribution in [0.4, 0.5) is 0 Å². The Bertz CT molecular complexity index is 163. The molecular formula is C7H14O6. The Morgan fingerprint density at radius 1 is 1.08 bits per heavy atom. The minimum atomic E-state index is -1.49. The van der Waals surface area contributed by atoms with Crippen LogP contribution in [0, 0.1) is 0 Å². The molecule has 0 spiro atoms. The summed E-state index contributed by atoms with van der Waals surface area (Å²) in [5.41, 5.74) is 0. The number of ether oxygens (including phenoxy) is 2. The van der Waals surface area contributed by atoms with E-state index in [1.54, 1.807) is 0 Å². The molecule has 4 N–H and O–H groups in total. The van der Waals surface area contributed by atoms with E-state index in [1.165, 1.54) is 7.11 Å². The Morgan fingerprint density at radius 3 is 2.23 bits per heavy atom. The van der Waals surface area contributed by atoms with Crippen LogP contribution in [-0.4, -0.2) is 64.8 Å². The predicted octanol–water partition coefficient (Wildman–Crippen LogP) is -2.57. The van der Waals surface area contributed by atoms with Crippen molar-refractivity contribution in [2.24, 2.45) is 0 Å². The van der Waals surface area contributed by atoms with Crippen LogP contribution in [0.5, 0.6) is 0 Å². The minimum absolute atomic E-state index is 0.0437. The molecule has 6 nitrogen and oxygen atoms in total. The average molecular weight is 194 g/mol. The van der Waals surface area contributed by atoms with E-state index < -0.39 is 30.7 Å². The van der Waals surface area contributed by atoms with Crippen molar-refractivity contribution in [3.63, 3.8) is 0 Å². The molecule has 1 saturated heterocycles. The van der Waals surface area contributed by atoms with Gasteiger partial charge in [0.25, 0.3) is 0 Å². The molecule has 0 aromatic rings. The molecule has 78 valence electrons. The Labute approximate surface area is 75.3 Å². The molecule has 1 aliphatic heterocycles. The Balaban J connectivity index is 2.59. The Hall–Kier alpha value is -0.240. The Morgan fingerprint density at radius 2 is 1.69 bits per heavy atom. The fourth-order valence-electron chi connectivity index (χ4n) is 1.23. The third kappa shape index (κ3) is 2.16. The largest absolute Gasteiger partial charge is 0.387 e. The lowest BCUT2D eigenvalue weighted by atomic mass is 9.99. The van der Waals surface area contributed by atoms with Crippen LogP contribution in [0.2, 0.25) is 0 Å². The summed E-state index contributed by atoms with van der Waals surface area (Å²) in [7, 11) is 1.40. The zero-order valence-corrected chi connectivity index (χ0v) is 7.20. The summed E-state index contributed by atoms with van der Waals surface area (Å²) in [5.74, 6) is 0. The third-order valence-electron chi connectivity index (χ3n) is 2.02. The summed E-state index contributed by atoms with van der Waals surface area (Å²) in [5, 5.41) is 36.7. The first-order valence-electron chi connectivity index (χ1n) is 3.94. The standard InChI is InChI=1S/C7H14O6/c1-12-2-3-4(8)5(9)6(10)7(11)13-3/h3-11H,2H2,1H3/t3?,4?,5?,6?,7-/m1/s1. The van der Waals surface area contributed by atoms with E-state index in [1.807, 2.05) is 0 Å². The van der Waals surface area contributed by atoms with Crippen LogP contribution in [0.25, 0.3) is 0 Å². The number of aliphatic hydroxyl groups excluding tert-OH is 4. The van der Waals surface area contributed by atoms with Crippen molar-refractivity contribution in [2.45, 2.75) is 30.7 Å². The lowest BCUT2D eigenvalue weighted by Gasteiger charge is -2.37. The molecule has 0 radical (unpaired) electrons. The smallest absolute Gasteiger partial charge is 0.184 e. The second kappa shape index (κ2) is 4.32. The first-order valence-corrected chi connectivity index (χ1v) is 3.94. The highest BCUT2D eigenvalue weighted by atomic mass is 16.6. The molecule has 4 unspecified atom stereocenters. The van der Waals surface area contributed by atoms with Crippen LogP contribution in [-0.2, 0) is 9.47 Å². The summed E-state index contributed by atoms with van der Waals surface area (Å²) in [6, 6.07) is 0. The van der Waals surface area contributed by atoms with Crippen molar-refractivity contribution in [3.8, 4) is 0 Å². The van der Waals surface area contributed by atoms with Crippen LogP contribution >= 0.6 is 0 Å². The maximum atomic E-state index is 9.33. The van der Waals surface area contributed by atoms with Gasteiger partial charge in [-0.3, -0.25) is 0 Å². The summed E-state index contributed by atoms with van der Waals surface area (Å²) in [4.78, 5) is 0. The second-order valence-corrected chi connectivity index (χ2v) is 2.99. The number of hydrogen-bond donors (Lipinski definition) is 4. The number of hydrogen-bond acceptors (Lipinski definition) is 6. The molecule has 0 aromatic heterocycles. The van der Waals surface area contributed by atoms with E-state index >= 15 is 0 Å². The quantitative estimate of drug-likeness (QED) is 0.386. The maximum absolute atomic E-state index is 9.33. The molecule has 1 aliphatic rings. The minimum Gasteiger partial charge on any atom is -0.387 e. The average Bonchev–Trinajstić information content (AvgIpc) is 2.11. The van der Waals surface area contributed by atoms with E-state index in [-0.39, 0.29) is 6.61 Å². The first-order chi connectivity index (χ1) is 6.07. The van der Waals surface area contributed by atoms with Gasteiger partial charge >= 0.3 is 0 Å². The fraction of sp³-hybridized carbons (Fsp3) is 1.00. The molecule has 6 heteroatoms. The van der Waals surface area contributed by atoms with Crippen LogP contribution < -0.4 is 0 Å². The van der Waals surface area contributed by atoms with Gasteiger partial charge in [0.15, 0.2) is 6.29 Å². The molecule has 0 amide bonds. The highest BCUT2D eigenvalue weighted by Gasteiger charge is 2.42. The van der Waals surface area contributed by atoms with Crippen molar-refractivity contribution in [1.29, 1.82) is 0 Å². The van der Waals surface area contributed by atoms with Gasteiger partial charge < -0.3 is 29.9 Å².